The summed E-state index contributed by atoms with van der Waals surface area (Å²) in [6, 6.07) is 0. The molecule has 1 amide bonds. The number of nitrogens with one attached hydrogen (secondary N) is 1. The molecule has 0 aliphatic carbocycles. The van der Waals surface area contributed by atoms with Gasteiger partial charge in [-0.2, -0.15) is 4.31 Å². The number of rotatable bonds is 5. The van der Waals surface area contributed by atoms with Gasteiger partial charge in [0, 0.05) is 28.3 Å². The molecule has 3 heterocycles. The molecule has 0 fully saturated rings. The topological polar surface area (TPSA) is 144 Å². The molecule has 0 bridgehead atoms. The first-order chi connectivity index (χ1) is 12.9. The smallest absolute Gasteiger partial charge is 0.279 e. The van der Waals surface area contributed by atoms with E-state index in [0.29, 0.717) is 18.7 Å². The van der Waals surface area contributed by atoms with Crippen molar-refractivity contribution in [2.75, 3.05) is 29.9 Å². The molecule has 0 spiro atoms. The molecule has 2 aromatic heterocycles. The summed E-state index contributed by atoms with van der Waals surface area (Å²) < 4.78 is 25.3. The van der Waals surface area contributed by atoms with E-state index >= 15 is 0 Å². The Morgan fingerprint density at radius 1 is 1.33 bits per heavy atom. The molecule has 0 atom stereocenters. The summed E-state index contributed by atoms with van der Waals surface area (Å²) in [5.74, 6) is -0.225. The third kappa shape index (κ3) is 4.26. The minimum Gasteiger partial charge on any atom is -0.382 e. The van der Waals surface area contributed by atoms with Gasteiger partial charge in [-0.25, -0.2) is 23.4 Å². The van der Waals surface area contributed by atoms with Crippen LogP contribution in [-0.4, -0.2) is 57.4 Å². The summed E-state index contributed by atoms with van der Waals surface area (Å²) in [6.07, 6.45) is 8.07. The zero-order valence-corrected chi connectivity index (χ0v) is 15.5. The van der Waals surface area contributed by atoms with E-state index < -0.39 is 15.9 Å². The Bertz CT molecular complexity index is 987. The van der Waals surface area contributed by atoms with Gasteiger partial charge >= 0.3 is 0 Å². The predicted octanol–water partition coefficient (Wildman–Crippen LogP) is 1.03. The van der Waals surface area contributed by atoms with Gasteiger partial charge in [-0.3, -0.25) is 9.78 Å². The largest absolute Gasteiger partial charge is 0.382 e. The molecule has 1 aliphatic rings. The number of hydrogen-bond acceptors (Lipinski definition) is 8. The fourth-order valence-electron chi connectivity index (χ4n) is 2.58. The number of anilines is 2. The predicted molar refractivity (Wildman–Crippen MR) is 104 cm³/mol. The van der Waals surface area contributed by atoms with Gasteiger partial charge < -0.3 is 11.1 Å². The number of amides is 1. The van der Waals surface area contributed by atoms with Gasteiger partial charge in [0.1, 0.15) is 0 Å². The van der Waals surface area contributed by atoms with Crippen LogP contribution in [0.15, 0.2) is 30.9 Å². The van der Waals surface area contributed by atoms with E-state index in [1.54, 1.807) is 13.0 Å². The van der Waals surface area contributed by atoms with Gasteiger partial charge in [-0.1, -0.05) is 6.08 Å². The van der Waals surface area contributed by atoms with E-state index in [1.807, 2.05) is 0 Å². The summed E-state index contributed by atoms with van der Waals surface area (Å²) in [5.41, 5.74) is 7.07. The fourth-order valence-corrected chi connectivity index (χ4v) is 3.61. The van der Waals surface area contributed by atoms with E-state index in [2.05, 4.69) is 25.3 Å². The number of nitrogens with two attached hydrogens (primary N) is 1. The second-order valence-electron chi connectivity index (χ2n) is 5.77. The van der Waals surface area contributed by atoms with Gasteiger partial charge in [-0.15, -0.1) is 0 Å². The molecule has 0 radical (unpaired) electrons. The Morgan fingerprint density at radius 2 is 2.15 bits per heavy atom. The highest BCUT2D eigenvalue weighted by atomic mass is 32.2. The van der Waals surface area contributed by atoms with Crippen LogP contribution in [0.4, 0.5) is 11.6 Å². The summed E-state index contributed by atoms with van der Waals surface area (Å²) in [4.78, 5) is 28.6. The average Bonchev–Trinajstić information content (AvgIpc) is 2.69. The lowest BCUT2D eigenvalue weighted by atomic mass is 10.1. The van der Waals surface area contributed by atoms with Crippen molar-refractivity contribution in [2.45, 2.75) is 13.3 Å². The molecule has 0 saturated heterocycles. The van der Waals surface area contributed by atoms with Gasteiger partial charge in [-0.05, 0) is 18.9 Å². The molecule has 10 nitrogen and oxygen atoms in total. The minimum absolute atomic E-state index is 0. The molecule has 2 aromatic rings. The highest BCUT2D eigenvalue weighted by Crippen LogP contribution is 2.23. The maximum absolute atomic E-state index is 12.4. The summed E-state index contributed by atoms with van der Waals surface area (Å²) in [6.45, 7) is 2.23. The maximum Gasteiger partial charge on any atom is 0.279 e. The summed E-state index contributed by atoms with van der Waals surface area (Å²) in [7, 11) is -3.23. The molecule has 0 aromatic carbocycles. The number of aromatic nitrogens is 4. The molecule has 27 heavy (non-hydrogen) atoms. The Balaban J connectivity index is 0.00000210. The SMILES string of the molecule is CCS(=O)(=O)N1CC=C(c2cnc(N)c(C(=O)Nc3cnccn3)n2)CC1.[HH].[HH]. The van der Waals surface area contributed by atoms with E-state index in [9.17, 15) is 13.2 Å². The quantitative estimate of drug-likeness (QED) is 0.766. The Morgan fingerprint density at radius 3 is 2.78 bits per heavy atom. The molecule has 3 N–H and O–H groups in total. The van der Waals surface area contributed by atoms with E-state index in [4.69, 9.17) is 5.73 Å². The van der Waals surface area contributed by atoms with Crippen LogP contribution >= 0.6 is 0 Å². The van der Waals surface area contributed by atoms with Crippen LogP contribution in [0.2, 0.25) is 0 Å². The lowest BCUT2D eigenvalue weighted by molar-refractivity contribution is 0.102. The van der Waals surface area contributed by atoms with Crippen molar-refractivity contribution in [3.05, 3.63) is 42.3 Å². The van der Waals surface area contributed by atoms with Gasteiger partial charge in [0.2, 0.25) is 10.0 Å². The molecule has 0 saturated carbocycles. The highest BCUT2D eigenvalue weighted by Gasteiger charge is 2.24. The fraction of sp³-hybridized carbons (Fsp3) is 0.312. The first-order valence-corrected chi connectivity index (χ1v) is 9.88. The van der Waals surface area contributed by atoms with E-state index in [-0.39, 0.29) is 32.5 Å². The Hall–Kier alpha value is -2.92. The number of nitrogen functional groups attached to an aromatic ring is 1. The molecular formula is C16H23N7O3S. The monoisotopic (exact) mass is 393 g/mol. The number of hydrogen-bond donors (Lipinski definition) is 2. The van der Waals surface area contributed by atoms with Crippen molar-refractivity contribution in [3.63, 3.8) is 0 Å². The first kappa shape index (κ1) is 18.9. The molecular weight excluding hydrogens is 370 g/mol. The third-order valence-corrected chi connectivity index (χ3v) is 5.93. The zero-order valence-electron chi connectivity index (χ0n) is 14.7. The van der Waals surface area contributed by atoms with Crippen molar-refractivity contribution in [1.82, 2.24) is 24.2 Å². The third-order valence-electron chi connectivity index (χ3n) is 4.08. The number of carbonyl (C=O) groups is 1. The Kier molecular flexibility index (Phi) is 5.42. The average molecular weight is 393 g/mol. The van der Waals surface area contributed by atoms with Crippen molar-refractivity contribution < 1.29 is 16.1 Å². The van der Waals surface area contributed by atoms with Gasteiger partial charge in [0.25, 0.3) is 5.91 Å². The molecule has 11 heteroatoms. The van der Waals surface area contributed by atoms with Crippen LogP contribution in [0.25, 0.3) is 5.57 Å². The van der Waals surface area contributed by atoms with Crippen molar-refractivity contribution in [1.29, 1.82) is 0 Å². The minimum atomic E-state index is -3.23. The van der Waals surface area contributed by atoms with Crippen LogP contribution in [0.5, 0.6) is 0 Å². The normalized spacial score (nSPS) is 15.2. The number of sulfonamides is 1. The van der Waals surface area contributed by atoms with E-state index in [0.717, 1.165) is 5.57 Å². The molecule has 1 aliphatic heterocycles. The van der Waals surface area contributed by atoms with Crippen molar-refractivity contribution in [2.24, 2.45) is 0 Å². The van der Waals surface area contributed by atoms with Gasteiger partial charge in [0.05, 0.1) is 23.8 Å². The number of carbonyl (C=O) groups excluding carboxylic acids is 1. The molecule has 3 rings (SSSR count). The van der Waals surface area contributed by atoms with Crippen molar-refractivity contribution >= 4 is 33.1 Å². The Labute approximate surface area is 159 Å². The van der Waals surface area contributed by atoms with Crippen LogP contribution < -0.4 is 11.1 Å². The second kappa shape index (κ2) is 7.76. The highest BCUT2D eigenvalue weighted by molar-refractivity contribution is 7.89. The number of nitrogens with zero attached hydrogens (tertiary/aromatic N) is 5. The van der Waals surface area contributed by atoms with Crippen molar-refractivity contribution in [3.8, 4) is 0 Å². The summed E-state index contributed by atoms with van der Waals surface area (Å²) in [5, 5.41) is 2.56. The van der Waals surface area contributed by atoms with E-state index in [1.165, 1.54) is 29.1 Å². The molecule has 0 unspecified atom stereocenters. The van der Waals surface area contributed by atoms with Crippen LogP contribution in [0.1, 0.15) is 32.4 Å². The lowest BCUT2D eigenvalue weighted by Crippen LogP contribution is -2.35. The second-order valence-corrected chi connectivity index (χ2v) is 8.03. The molecule has 146 valence electrons. The van der Waals surface area contributed by atoms with Crippen LogP contribution in [-0.2, 0) is 10.0 Å². The standard InChI is InChI=1S/C16H19N7O3S.2H2/c1-2-27(25,26)23-7-3-11(4-8-23)12-9-20-15(17)14(21-12)16(24)22-13-10-18-5-6-19-13;;/h3,5-6,9-10H,2,4,7-8H2,1H3,(H2,17,20)(H,19,22,24);2*1H. The first-order valence-electron chi connectivity index (χ1n) is 8.28. The lowest BCUT2D eigenvalue weighted by Gasteiger charge is -2.25. The van der Waals surface area contributed by atoms with Gasteiger partial charge in [0.15, 0.2) is 17.3 Å². The summed E-state index contributed by atoms with van der Waals surface area (Å²) >= 11 is 0. The zero-order chi connectivity index (χ0) is 19.4. The van der Waals surface area contributed by atoms with Crippen LogP contribution in [0.3, 0.4) is 0 Å². The van der Waals surface area contributed by atoms with Crippen LogP contribution in [0, 0.1) is 0 Å². The maximum atomic E-state index is 12.4.